The van der Waals surface area contributed by atoms with Crippen LogP contribution in [-0.4, -0.2) is 42.5 Å². The molecule has 0 aliphatic carbocycles. The van der Waals surface area contributed by atoms with Gasteiger partial charge in [-0.1, -0.05) is 54.6 Å². The number of hydrogen-bond acceptors (Lipinski definition) is 4. The lowest BCUT2D eigenvalue weighted by Crippen LogP contribution is -2.49. The highest BCUT2D eigenvalue weighted by atomic mass is 32.2. The van der Waals surface area contributed by atoms with Gasteiger partial charge >= 0.3 is 5.97 Å². The van der Waals surface area contributed by atoms with Gasteiger partial charge in [0, 0.05) is 21.8 Å². The molecule has 4 aromatic rings. The second-order valence-corrected chi connectivity index (χ2v) is 9.31. The summed E-state index contributed by atoms with van der Waals surface area (Å²) in [5.41, 5.74) is 2.05. The molecule has 0 N–H and O–H groups in total. The Bertz CT molecular complexity index is 1290. The number of para-hydroxylation sites is 2. The molecule has 1 aromatic heterocycles. The molecular formula is C23H20N2O4S. The smallest absolute Gasteiger partial charge is 0.321 e. The number of cyclic esters (lactones) is 1. The molecule has 1 aliphatic heterocycles. The summed E-state index contributed by atoms with van der Waals surface area (Å²) >= 11 is 0. The molecule has 0 bridgehead atoms. The third-order valence-electron chi connectivity index (χ3n) is 5.46. The fourth-order valence-electron chi connectivity index (χ4n) is 4.12. The number of carbonyl (C=O) groups is 1. The van der Waals surface area contributed by atoms with E-state index in [0.717, 1.165) is 21.8 Å². The summed E-state index contributed by atoms with van der Waals surface area (Å²) in [6, 6.07) is 24.3. The molecule has 2 heterocycles. The lowest BCUT2D eigenvalue weighted by Gasteiger charge is -2.31. The van der Waals surface area contributed by atoms with E-state index in [1.54, 1.807) is 18.2 Å². The van der Waals surface area contributed by atoms with Gasteiger partial charge < -0.3 is 9.30 Å². The summed E-state index contributed by atoms with van der Waals surface area (Å²) in [5.74, 6) is -0.536. The normalized spacial score (nSPS) is 18.0. The molecule has 1 atom stereocenters. The quantitative estimate of drug-likeness (QED) is 0.475. The minimum Gasteiger partial charge on any atom is -0.458 e. The van der Waals surface area contributed by atoms with E-state index in [0.29, 0.717) is 6.54 Å². The summed E-state index contributed by atoms with van der Waals surface area (Å²) in [5, 5.41) is 2.23. The van der Waals surface area contributed by atoms with Crippen LogP contribution in [0, 0.1) is 0 Å². The van der Waals surface area contributed by atoms with Gasteiger partial charge in [0.15, 0.2) is 0 Å². The Hall–Kier alpha value is -3.16. The molecule has 152 valence electrons. The van der Waals surface area contributed by atoms with Gasteiger partial charge in [0.2, 0.25) is 10.0 Å². The summed E-state index contributed by atoms with van der Waals surface area (Å²) in [6.45, 7) is 0.214. The standard InChI is InChI=1S/C23H20N2O4S/c26-23-16-24(30(27,28)18-8-2-1-3-9-18)14-17(29-23)15-25-21-12-6-4-10-19(21)20-11-5-7-13-22(20)25/h1-13,17H,14-16H2/t17-/m0/s1. The van der Waals surface area contributed by atoms with Crippen LogP contribution in [0.3, 0.4) is 0 Å². The van der Waals surface area contributed by atoms with Crippen LogP contribution in [0.25, 0.3) is 21.8 Å². The molecule has 0 radical (unpaired) electrons. The summed E-state index contributed by atoms with van der Waals surface area (Å²) in [7, 11) is -3.77. The van der Waals surface area contributed by atoms with Crippen LogP contribution < -0.4 is 0 Å². The Labute approximate surface area is 174 Å². The molecular weight excluding hydrogens is 400 g/mol. The molecule has 1 aliphatic rings. The van der Waals surface area contributed by atoms with Crippen molar-refractivity contribution in [2.24, 2.45) is 0 Å². The molecule has 30 heavy (non-hydrogen) atoms. The highest BCUT2D eigenvalue weighted by molar-refractivity contribution is 7.89. The zero-order valence-electron chi connectivity index (χ0n) is 16.1. The average Bonchev–Trinajstić information content (AvgIpc) is 3.08. The zero-order chi connectivity index (χ0) is 20.7. The highest BCUT2D eigenvalue weighted by Crippen LogP contribution is 2.30. The largest absolute Gasteiger partial charge is 0.458 e. The number of morpholine rings is 1. The molecule has 1 saturated heterocycles. The maximum absolute atomic E-state index is 13.0. The Morgan fingerprint density at radius 2 is 1.40 bits per heavy atom. The first-order valence-corrected chi connectivity index (χ1v) is 11.2. The van der Waals surface area contributed by atoms with Gasteiger partial charge in [-0.15, -0.1) is 0 Å². The lowest BCUT2D eigenvalue weighted by molar-refractivity contribution is -0.155. The molecule has 1 fully saturated rings. The van der Waals surface area contributed by atoms with Crippen LogP contribution in [0.4, 0.5) is 0 Å². The molecule has 0 saturated carbocycles. The van der Waals surface area contributed by atoms with Crippen LogP contribution in [0.15, 0.2) is 83.8 Å². The number of esters is 1. The average molecular weight is 420 g/mol. The van der Waals surface area contributed by atoms with Crippen molar-refractivity contribution in [2.75, 3.05) is 13.1 Å². The number of fused-ring (bicyclic) bond motifs is 3. The summed E-state index contributed by atoms with van der Waals surface area (Å²) in [4.78, 5) is 12.5. The summed E-state index contributed by atoms with van der Waals surface area (Å²) in [6.07, 6.45) is -0.580. The maximum atomic E-state index is 13.0. The number of benzene rings is 3. The number of ether oxygens (including phenoxy) is 1. The van der Waals surface area contributed by atoms with Crippen LogP contribution in [0.5, 0.6) is 0 Å². The van der Waals surface area contributed by atoms with Gasteiger partial charge in [0.1, 0.15) is 12.6 Å². The van der Waals surface area contributed by atoms with Crippen molar-refractivity contribution in [1.29, 1.82) is 0 Å². The van der Waals surface area contributed by atoms with E-state index in [1.807, 2.05) is 36.4 Å². The molecule has 7 heteroatoms. The Morgan fingerprint density at radius 1 is 0.833 bits per heavy atom. The minimum atomic E-state index is -3.77. The third-order valence-corrected chi connectivity index (χ3v) is 7.28. The monoisotopic (exact) mass is 420 g/mol. The van der Waals surface area contributed by atoms with Gasteiger partial charge in [-0.3, -0.25) is 4.79 Å². The van der Waals surface area contributed by atoms with Crippen LogP contribution in [-0.2, 0) is 26.1 Å². The number of nitrogens with zero attached hydrogens (tertiary/aromatic N) is 2. The van der Waals surface area contributed by atoms with E-state index in [9.17, 15) is 13.2 Å². The SMILES string of the molecule is O=C1CN(S(=O)(=O)c2ccccc2)C[C@@H](Cn2c3ccccc3c3ccccc32)O1. The molecule has 6 nitrogen and oxygen atoms in total. The van der Waals surface area contributed by atoms with E-state index in [-0.39, 0.29) is 18.0 Å². The molecule has 3 aromatic carbocycles. The fourth-order valence-corrected chi connectivity index (χ4v) is 5.56. The van der Waals surface area contributed by atoms with Gasteiger partial charge in [-0.25, -0.2) is 8.42 Å². The predicted octanol–water partition coefficient (Wildman–Crippen LogP) is 3.41. The molecule has 0 spiro atoms. The topological polar surface area (TPSA) is 68.6 Å². The first-order valence-electron chi connectivity index (χ1n) is 9.75. The van der Waals surface area contributed by atoms with Crippen molar-refractivity contribution in [3.05, 3.63) is 78.9 Å². The van der Waals surface area contributed by atoms with Crippen molar-refractivity contribution in [3.8, 4) is 0 Å². The number of sulfonamides is 1. The van der Waals surface area contributed by atoms with Gasteiger partial charge in [0.25, 0.3) is 0 Å². The first-order chi connectivity index (χ1) is 14.5. The molecule has 5 rings (SSSR count). The van der Waals surface area contributed by atoms with Crippen molar-refractivity contribution in [2.45, 2.75) is 17.5 Å². The Balaban J connectivity index is 1.50. The van der Waals surface area contributed by atoms with Crippen LogP contribution in [0.1, 0.15) is 0 Å². The lowest BCUT2D eigenvalue weighted by atomic mass is 10.2. The van der Waals surface area contributed by atoms with Gasteiger partial charge in [-0.05, 0) is 24.3 Å². The van der Waals surface area contributed by atoms with E-state index in [4.69, 9.17) is 4.74 Å². The van der Waals surface area contributed by atoms with Gasteiger partial charge in [0.05, 0.1) is 18.0 Å². The van der Waals surface area contributed by atoms with Crippen molar-refractivity contribution in [1.82, 2.24) is 8.87 Å². The fraction of sp³-hybridized carbons (Fsp3) is 0.174. The molecule has 0 unspecified atom stereocenters. The number of carbonyl (C=O) groups excluding carboxylic acids is 1. The highest BCUT2D eigenvalue weighted by Gasteiger charge is 2.35. The van der Waals surface area contributed by atoms with E-state index in [2.05, 4.69) is 16.7 Å². The van der Waals surface area contributed by atoms with Crippen LogP contribution >= 0.6 is 0 Å². The third kappa shape index (κ3) is 3.16. The Kier molecular flexibility index (Phi) is 4.56. The Morgan fingerprint density at radius 3 is 2.03 bits per heavy atom. The van der Waals surface area contributed by atoms with Crippen LogP contribution in [0.2, 0.25) is 0 Å². The second kappa shape index (κ2) is 7.27. The van der Waals surface area contributed by atoms with Crippen molar-refractivity contribution < 1.29 is 17.9 Å². The van der Waals surface area contributed by atoms with Crippen molar-refractivity contribution in [3.63, 3.8) is 0 Å². The van der Waals surface area contributed by atoms with E-state index >= 15 is 0 Å². The second-order valence-electron chi connectivity index (χ2n) is 7.37. The first kappa shape index (κ1) is 18.8. The number of aromatic nitrogens is 1. The molecule has 0 amide bonds. The van der Waals surface area contributed by atoms with Crippen molar-refractivity contribution >= 4 is 37.8 Å². The number of rotatable bonds is 4. The number of hydrogen-bond donors (Lipinski definition) is 0. The predicted molar refractivity (Wildman–Crippen MR) is 115 cm³/mol. The van der Waals surface area contributed by atoms with Gasteiger partial charge in [-0.2, -0.15) is 4.31 Å². The minimum absolute atomic E-state index is 0.115. The summed E-state index contributed by atoms with van der Waals surface area (Å²) < 4.78 is 34.9. The van der Waals surface area contributed by atoms with E-state index in [1.165, 1.54) is 16.4 Å². The zero-order valence-corrected chi connectivity index (χ0v) is 17.0. The van der Waals surface area contributed by atoms with E-state index < -0.39 is 22.1 Å². The maximum Gasteiger partial charge on any atom is 0.321 e.